The summed E-state index contributed by atoms with van der Waals surface area (Å²) >= 11 is 0. The zero-order chi connectivity index (χ0) is 16.1. The smallest absolute Gasteiger partial charge is 0.325 e. The first kappa shape index (κ1) is 22.1. The van der Waals surface area contributed by atoms with E-state index in [2.05, 4.69) is 20.8 Å². The van der Waals surface area contributed by atoms with Crippen molar-refractivity contribution in [2.45, 2.75) is 90.5 Å². The molecular weight excluding hydrogens is 278 g/mol. The molecule has 0 unspecified atom stereocenters. The van der Waals surface area contributed by atoms with E-state index in [0.717, 1.165) is 0 Å². The Balaban J connectivity index is 0. The van der Waals surface area contributed by atoms with Crippen molar-refractivity contribution >= 4 is 10.4 Å². The van der Waals surface area contributed by atoms with Gasteiger partial charge in [0.15, 0.2) is 0 Å². The fourth-order valence-electron chi connectivity index (χ4n) is 2.16. The zero-order valence-electron chi connectivity index (χ0n) is 13.3. The van der Waals surface area contributed by atoms with Gasteiger partial charge >= 0.3 is 10.4 Å². The SMILES string of the molecule is CCCCCC(N)(CCCC)CCCC.O=S(=O)(O)O. The minimum Gasteiger partial charge on any atom is -0.325 e. The van der Waals surface area contributed by atoms with E-state index >= 15 is 0 Å². The molecule has 0 saturated carbocycles. The molecule has 0 spiro atoms. The second-order valence-electron chi connectivity index (χ2n) is 5.47. The van der Waals surface area contributed by atoms with Gasteiger partial charge < -0.3 is 5.73 Å². The van der Waals surface area contributed by atoms with Crippen molar-refractivity contribution in [1.29, 1.82) is 0 Å². The summed E-state index contributed by atoms with van der Waals surface area (Å²) in [6.45, 7) is 6.77. The summed E-state index contributed by atoms with van der Waals surface area (Å²) in [5, 5.41) is 0. The molecule has 0 aromatic heterocycles. The van der Waals surface area contributed by atoms with Crippen LogP contribution in [0.3, 0.4) is 0 Å². The molecule has 20 heavy (non-hydrogen) atoms. The van der Waals surface area contributed by atoms with Crippen molar-refractivity contribution in [2.24, 2.45) is 5.73 Å². The molecule has 0 atom stereocenters. The first-order chi connectivity index (χ1) is 9.18. The minimum atomic E-state index is -4.67. The van der Waals surface area contributed by atoms with Crippen LogP contribution in [0.4, 0.5) is 0 Å². The maximum atomic E-state index is 8.74. The van der Waals surface area contributed by atoms with Crippen molar-refractivity contribution < 1.29 is 17.5 Å². The van der Waals surface area contributed by atoms with Crippen molar-refractivity contribution in [1.82, 2.24) is 0 Å². The predicted octanol–water partition coefficient (Wildman–Crippen LogP) is 3.99. The molecule has 0 saturated heterocycles. The standard InChI is InChI=1S/C14H31N.H2O4S/c1-4-7-10-13-14(15,11-8-5-2)12-9-6-3;1-5(2,3)4/h4-13,15H2,1-3H3;(H2,1,2,3,4). The Bertz CT molecular complexity index is 288. The van der Waals surface area contributed by atoms with Gasteiger partial charge in [-0.05, 0) is 19.3 Å². The molecular formula is C14H33NO4S. The van der Waals surface area contributed by atoms with Gasteiger partial charge in [-0.3, -0.25) is 9.11 Å². The van der Waals surface area contributed by atoms with Crippen molar-refractivity contribution in [3.63, 3.8) is 0 Å². The molecule has 0 radical (unpaired) electrons. The third-order valence-electron chi connectivity index (χ3n) is 3.33. The third kappa shape index (κ3) is 20.2. The Morgan fingerprint density at radius 1 is 0.800 bits per heavy atom. The summed E-state index contributed by atoms with van der Waals surface area (Å²) in [4.78, 5) is 0. The lowest BCUT2D eigenvalue weighted by atomic mass is 9.83. The van der Waals surface area contributed by atoms with Gasteiger partial charge in [0.2, 0.25) is 0 Å². The first-order valence-corrected chi connectivity index (χ1v) is 9.07. The third-order valence-corrected chi connectivity index (χ3v) is 3.33. The van der Waals surface area contributed by atoms with E-state index in [1.54, 1.807) is 0 Å². The van der Waals surface area contributed by atoms with Crippen molar-refractivity contribution in [3.8, 4) is 0 Å². The van der Waals surface area contributed by atoms with Crippen LogP contribution in [0.15, 0.2) is 0 Å². The van der Waals surface area contributed by atoms with E-state index in [0.29, 0.717) is 0 Å². The number of rotatable bonds is 10. The lowest BCUT2D eigenvalue weighted by Gasteiger charge is -2.29. The van der Waals surface area contributed by atoms with E-state index in [9.17, 15) is 0 Å². The molecule has 124 valence electrons. The van der Waals surface area contributed by atoms with Gasteiger partial charge in [-0.25, -0.2) is 0 Å². The van der Waals surface area contributed by atoms with Crippen LogP contribution in [0.2, 0.25) is 0 Å². The molecule has 0 aromatic carbocycles. The average Bonchev–Trinajstić information content (AvgIpc) is 2.32. The molecule has 0 heterocycles. The van der Waals surface area contributed by atoms with Crippen LogP contribution in [0.1, 0.15) is 85.0 Å². The lowest BCUT2D eigenvalue weighted by Crippen LogP contribution is -2.39. The van der Waals surface area contributed by atoms with Crippen LogP contribution in [-0.2, 0) is 10.4 Å². The van der Waals surface area contributed by atoms with Crippen molar-refractivity contribution in [3.05, 3.63) is 0 Å². The second-order valence-corrected chi connectivity index (χ2v) is 6.37. The number of nitrogens with two attached hydrogens (primary N) is 1. The van der Waals surface area contributed by atoms with Gasteiger partial charge in [0.1, 0.15) is 0 Å². The quantitative estimate of drug-likeness (QED) is 0.418. The highest BCUT2D eigenvalue weighted by Gasteiger charge is 2.22. The highest BCUT2D eigenvalue weighted by molar-refractivity contribution is 7.79. The molecule has 0 amide bonds. The summed E-state index contributed by atoms with van der Waals surface area (Å²) in [6.07, 6.45) is 12.8. The normalized spacial score (nSPS) is 11.9. The molecule has 0 rings (SSSR count). The summed E-state index contributed by atoms with van der Waals surface area (Å²) in [5.41, 5.74) is 6.66. The molecule has 6 heteroatoms. The maximum Gasteiger partial charge on any atom is 0.394 e. The monoisotopic (exact) mass is 311 g/mol. The van der Waals surface area contributed by atoms with Crippen LogP contribution in [0, 0.1) is 0 Å². The van der Waals surface area contributed by atoms with Gasteiger partial charge in [0, 0.05) is 5.54 Å². The molecule has 0 aliphatic heterocycles. The Morgan fingerprint density at radius 2 is 1.10 bits per heavy atom. The lowest BCUT2D eigenvalue weighted by molar-refractivity contribution is 0.310. The van der Waals surface area contributed by atoms with Crippen molar-refractivity contribution in [2.75, 3.05) is 0 Å². The molecule has 0 aromatic rings. The molecule has 0 aliphatic rings. The average molecular weight is 311 g/mol. The summed E-state index contributed by atoms with van der Waals surface area (Å²) in [6, 6.07) is 0. The molecule has 0 bridgehead atoms. The number of hydrogen-bond donors (Lipinski definition) is 3. The fourth-order valence-corrected chi connectivity index (χ4v) is 2.16. The Labute approximate surface area is 124 Å². The highest BCUT2D eigenvalue weighted by atomic mass is 32.3. The molecule has 0 fully saturated rings. The topological polar surface area (TPSA) is 101 Å². The Morgan fingerprint density at radius 3 is 1.40 bits per heavy atom. The zero-order valence-corrected chi connectivity index (χ0v) is 14.1. The van der Waals surface area contributed by atoms with Crippen LogP contribution in [0.25, 0.3) is 0 Å². The van der Waals surface area contributed by atoms with E-state index in [-0.39, 0.29) is 5.54 Å². The summed E-state index contributed by atoms with van der Waals surface area (Å²) in [5.74, 6) is 0. The van der Waals surface area contributed by atoms with Gasteiger partial charge in [-0.2, -0.15) is 8.42 Å². The second kappa shape index (κ2) is 12.6. The van der Waals surface area contributed by atoms with E-state index in [1.165, 1.54) is 64.2 Å². The van der Waals surface area contributed by atoms with Crippen LogP contribution >= 0.6 is 0 Å². The molecule has 5 nitrogen and oxygen atoms in total. The van der Waals surface area contributed by atoms with Crippen LogP contribution in [0.5, 0.6) is 0 Å². The molecule has 0 aliphatic carbocycles. The maximum absolute atomic E-state index is 8.74. The summed E-state index contributed by atoms with van der Waals surface area (Å²) < 4.78 is 31.6. The van der Waals surface area contributed by atoms with Crippen LogP contribution in [-0.4, -0.2) is 23.1 Å². The first-order valence-electron chi connectivity index (χ1n) is 7.67. The van der Waals surface area contributed by atoms with E-state index in [4.69, 9.17) is 23.3 Å². The Hall–Kier alpha value is -0.170. The summed E-state index contributed by atoms with van der Waals surface area (Å²) in [7, 11) is -4.67. The van der Waals surface area contributed by atoms with Crippen LogP contribution < -0.4 is 5.73 Å². The number of hydrogen-bond acceptors (Lipinski definition) is 3. The van der Waals surface area contributed by atoms with E-state index < -0.39 is 10.4 Å². The van der Waals surface area contributed by atoms with Gasteiger partial charge in [0.25, 0.3) is 0 Å². The Kier molecular flexibility index (Phi) is 13.9. The minimum absolute atomic E-state index is 0.154. The molecule has 4 N–H and O–H groups in total. The number of unbranched alkanes of at least 4 members (excludes halogenated alkanes) is 4. The van der Waals surface area contributed by atoms with Gasteiger partial charge in [-0.15, -0.1) is 0 Å². The highest BCUT2D eigenvalue weighted by Crippen LogP contribution is 2.25. The van der Waals surface area contributed by atoms with Gasteiger partial charge in [0.05, 0.1) is 0 Å². The largest absolute Gasteiger partial charge is 0.394 e. The predicted molar refractivity (Wildman–Crippen MR) is 84.3 cm³/mol. The fraction of sp³-hybridized carbons (Fsp3) is 1.00. The van der Waals surface area contributed by atoms with E-state index in [1.807, 2.05) is 0 Å². The van der Waals surface area contributed by atoms with Gasteiger partial charge in [-0.1, -0.05) is 65.7 Å².